The Morgan fingerprint density at radius 1 is 0.379 bits per heavy atom. The Kier molecular flexibility index (Phi) is 65.0. The number of unbranched alkanes of at least 4 members (excludes halogenated alkanes) is 58. The Morgan fingerprint density at radius 2 is 0.644 bits per heavy atom. The van der Waals surface area contributed by atoms with Crippen LogP contribution in [0.25, 0.3) is 0 Å². The zero-order chi connectivity index (χ0) is 62.8. The summed E-state index contributed by atoms with van der Waals surface area (Å²) in [6, 6.07) is -0.803. The standard InChI is InChI=1S/C78H151NO8/c1-3-5-7-9-11-13-15-17-19-21-23-25-27-28-29-30-31-32-33-34-35-36-37-38-39-40-41-42-43-44-46-48-50-52-54-56-58-60-62-64-66-68-74(82)79-71(70-86-78-77(85)76(84)75(83)73(69-80)87-78)72(81)67-65-63-61-59-57-55-53-51-49-47-45-26-24-22-20-18-16-14-12-10-8-6-4-2/h21,23,65,67,71-73,75-78,80-81,83-85H,3-20,22,24-64,66,68-70H2,1-2H3,(H,79,82)/b23-21-,67-65+. The second-order valence-corrected chi connectivity index (χ2v) is 27.5. The summed E-state index contributed by atoms with van der Waals surface area (Å²) in [4.78, 5) is 13.2. The molecule has 7 atom stereocenters. The van der Waals surface area contributed by atoms with E-state index < -0.39 is 49.5 Å². The number of aliphatic hydroxyl groups excluding tert-OH is 5. The zero-order valence-electron chi connectivity index (χ0n) is 58.1. The lowest BCUT2D eigenvalue weighted by Gasteiger charge is -2.40. The number of carbonyl (C=O) groups is 1. The van der Waals surface area contributed by atoms with Gasteiger partial charge in [-0.3, -0.25) is 4.79 Å². The number of carbonyl (C=O) groups excluding carboxylic acids is 1. The van der Waals surface area contributed by atoms with Crippen LogP contribution < -0.4 is 5.32 Å². The van der Waals surface area contributed by atoms with Crippen molar-refractivity contribution in [3.05, 3.63) is 24.3 Å². The van der Waals surface area contributed by atoms with Crippen LogP contribution in [-0.2, 0) is 14.3 Å². The topological polar surface area (TPSA) is 149 Å². The summed E-state index contributed by atoms with van der Waals surface area (Å²) in [5.41, 5.74) is 0. The molecule has 9 heteroatoms. The van der Waals surface area contributed by atoms with E-state index in [0.717, 1.165) is 38.5 Å². The Bertz CT molecular complexity index is 1430. The van der Waals surface area contributed by atoms with Gasteiger partial charge in [0.1, 0.15) is 24.4 Å². The lowest BCUT2D eigenvalue weighted by molar-refractivity contribution is -0.302. The first kappa shape index (κ1) is 83.7. The molecule has 0 aliphatic carbocycles. The number of rotatable bonds is 70. The van der Waals surface area contributed by atoms with Gasteiger partial charge < -0.3 is 40.3 Å². The second-order valence-electron chi connectivity index (χ2n) is 27.5. The molecule has 0 aromatic carbocycles. The van der Waals surface area contributed by atoms with Crippen molar-refractivity contribution in [3.8, 4) is 0 Å². The van der Waals surface area contributed by atoms with E-state index >= 15 is 0 Å². The molecule has 1 aliphatic heterocycles. The van der Waals surface area contributed by atoms with Gasteiger partial charge in [0.2, 0.25) is 5.91 Å². The Hall–Kier alpha value is -1.33. The number of ether oxygens (including phenoxy) is 2. The summed E-state index contributed by atoms with van der Waals surface area (Å²) >= 11 is 0. The quantitative estimate of drug-likeness (QED) is 0.0261. The van der Waals surface area contributed by atoms with Gasteiger partial charge in [0.05, 0.1) is 25.4 Å². The van der Waals surface area contributed by atoms with Crippen molar-refractivity contribution in [3.63, 3.8) is 0 Å². The molecule has 6 N–H and O–H groups in total. The fraction of sp³-hybridized carbons (Fsp3) is 0.936. The molecule has 1 heterocycles. The van der Waals surface area contributed by atoms with Crippen LogP contribution in [0, 0.1) is 0 Å². The number of hydrogen-bond donors (Lipinski definition) is 6. The normalized spacial score (nSPS) is 18.0. The maximum absolute atomic E-state index is 13.2. The molecule has 1 rings (SSSR count). The van der Waals surface area contributed by atoms with E-state index in [1.165, 1.54) is 353 Å². The van der Waals surface area contributed by atoms with E-state index in [1.54, 1.807) is 6.08 Å². The van der Waals surface area contributed by atoms with Gasteiger partial charge in [0.15, 0.2) is 6.29 Å². The van der Waals surface area contributed by atoms with Crippen molar-refractivity contribution < 1.29 is 39.8 Å². The number of nitrogens with one attached hydrogen (secondary N) is 1. The summed E-state index contributed by atoms with van der Waals surface area (Å²) in [5, 5.41) is 54.8. The minimum Gasteiger partial charge on any atom is -0.394 e. The lowest BCUT2D eigenvalue weighted by Crippen LogP contribution is -2.60. The lowest BCUT2D eigenvalue weighted by atomic mass is 9.99. The minimum atomic E-state index is -1.57. The molecule has 1 fully saturated rings. The van der Waals surface area contributed by atoms with Crippen molar-refractivity contribution in [2.45, 2.75) is 455 Å². The number of amides is 1. The third-order valence-electron chi connectivity index (χ3n) is 19.0. The van der Waals surface area contributed by atoms with Crippen molar-refractivity contribution in [1.82, 2.24) is 5.32 Å². The van der Waals surface area contributed by atoms with Crippen LogP contribution in [0.3, 0.4) is 0 Å². The van der Waals surface area contributed by atoms with E-state index in [-0.39, 0.29) is 12.5 Å². The summed E-state index contributed by atoms with van der Waals surface area (Å²) < 4.78 is 11.3. The van der Waals surface area contributed by atoms with Crippen LogP contribution in [0.15, 0.2) is 24.3 Å². The Morgan fingerprint density at radius 3 is 0.931 bits per heavy atom. The second kappa shape index (κ2) is 67.6. The summed E-state index contributed by atoms with van der Waals surface area (Å²) in [7, 11) is 0. The molecule has 9 nitrogen and oxygen atoms in total. The highest BCUT2D eigenvalue weighted by molar-refractivity contribution is 5.76. The van der Waals surface area contributed by atoms with Gasteiger partial charge >= 0.3 is 0 Å². The average molecular weight is 1230 g/mol. The van der Waals surface area contributed by atoms with Crippen molar-refractivity contribution in [2.24, 2.45) is 0 Å². The van der Waals surface area contributed by atoms with Crippen LogP contribution in [0.4, 0.5) is 0 Å². The van der Waals surface area contributed by atoms with Gasteiger partial charge in [-0.25, -0.2) is 0 Å². The fourth-order valence-electron chi connectivity index (χ4n) is 12.9. The molecule has 1 saturated heterocycles. The predicted molar refractivity (Wildman–Crippen MR) is 374 cm³/mol. The fourth-order valence-corrected chi connectivity index (χ4v) is 12.9. The molecule has 0 radical (unpaired) electrons. The van der Waals surface area contributed by atoms with E-state index in [9.17, 15) is 30.3 Å². The Labute approximate surface area is 540 Å². The van der Waals surface area contributed by atoms with Gasteiger partial charge in [-0.05, 0) is 44.9 Å². The van der Waals surface area contributed by atoms with Gasteiger partial charge in [0.25, 0.3) is 0 Å². The van der Waals surface area contributed by atoms with Crippen LogP contribution in [0.2, 0.25) is 0 Å². The molecule has 0 spiro atoms. The minimum absolute atomic E-state index is 0.167. The monoisotopic (exact) mass is 1230 g/mol. The SMILES string of the molecule is CCCCCCCCCC/C=C\CCCCCCCCCCCCCCCCCCCCCCCCCCCCCCCC(=O)NC(COC1OC(CO)C(O)C(O)C1O)C(O)/C=C/CCCCCCCCCCCCCCCCCCCCCCC. The zero-order valence-corrected chi connectivity index (χ0v) is 58.1. The highest BCUT2D eigenvalue weighted by Crippen LogP contribution is 2.24. The van der Waals surface area contributed by atoms with Gasteiger partial charge in [-0.2, -0.15) is 0 Å². The van der Waals surface area contributed by atoms with Gasteiger partial charge in [-0.1, -0.05) is 385 Å². The molecule has 87 heavy (non-hydrogen) atoms. The summed E-state index contributed by atoms with van der Waals surface area (Å²) in [5.74, 6) is -0.167. The number of allylic oxidation sites excluding steroid dienone is 3. The first-order chi connectivity index (χ1) is 42.8. The van der Waals surface area contributed by atoms with Crippen LogP contribution in [0.5, 0.6) is 0 Å². The van der Waals surface area contributed by atoms with Crippen LogP contribution in [-0.4, -0.2) is 87.5 Å². The molecule has 0 bridgehead atoms. The van der Waals surface area contributed by atoms with Crippen LogP contribution >= 0.6 is 0 Å². The van der Waals surface area contributed by atoms with E-state index in [1.807, 2.05) is 6.08 Å². The molecule has 1 amide bonds. The third-order valence-corrected chi connectivity index (χ3v) is 19.0. The molecule has 7 unspecified atom stereocenters. The highest BCUT2D eigenvalue weighted by Gasteiger charge is 2.44. The van der Waals surface area contributed by atoms with Crippen molar-refractivity contribution in [1.29, 1.82) is 0 Å². The molecular weight excluding hydrogens is 1080 g/mol. The van der Waals surface area contributed by atoms with Crippen LogP contribution in [0.1, 0.15) is 412 Å². The summed E-state index contributed by atoms with van der Waals surface area (Å²) in [6.45, 7) is 3.84. The van der Waals surface area contributed by atoms with Gasteiger partial charge in [0, 0.05) is 6.42 Å². The smallest absolute Gasteiger partial charge is 0.220 e. The highest BCUT2D eigenvalue weighted by atomic mass is 16.7. The van der Waals surface area contributed by atoms with Gasteiger partial charge in [-0.15, -0.1) is 0 Å². The largest absolute Gasteiger partial charge is 0.394 e. The maximum atomic E-state index is 13.2. The number of aliphatic hydroxyl groups is 5. The third kappa shape index (κ3) is 56.0. The predicted octanol–water partition coefficient (Wildman–Crippen LogP) is 22.0. The molecule has 0 saturated carbocycles. The molecule has 516 valence electrons. The average Bonchev–Trinajstić information content (AvgIpc) is 3.47. The maximum Gasteiger partial charge on any atom is 0.220 e. The summed E-state index contributed by atoms with van der Waals surface area (Å²) in [6.07, 6.45) is 83.3. The molecule has 1 aliphatic rings. The molecule has 0 aromatic rings. The number of hydrogen-bond acceptors (Lipinski definition) is 8. The molecular formula is C78H151NO8. The first-order valence-electron chi connectivity index (χ1n) is 39.1. The van der Waals surface area contributed by atoms with E-state index in [0.29, 0.717) is 6.42 Å². The van der Waals surface area contributed by atoms with E-state index in [4.69, 9.17) is 9.47 Å². The first-order valence-corrected chi connectivity index (χ1v) is 39.1. The molecule has 0 aromatic heterocycles. The van der Waals surface area contributed by atoms with Crippen molar-refractivity contribution in [2.75, 3.05) is 13.2 Å². The Balaban J connectivity index is 2.03. The van der Waals surface area contributed by atoms with E-state index in [2.05, 4.69) is 31.3 Å². The van der Waals surface area contributed by atoms with Crippen molar-refractivity contribution >= 4 is 5.91 Å².